The summed E-state index contributed by atoms with van der Waals surface area (Å²) in [5.74, 6) is -5.75. The van der Waals surface area contributed by atoms with Gasteiger partial charge in [0, 0.05) is 18.0 Å². The summed E-state index contributed by atoms with van der Waals surface area (Å²) in [6.07, 6.45) is 3.26. The summed E-state index contributed by atoms with van der Waals surface area (Å²) in [7, 11) is -3.88. The lowest BCUT2D eigenvalue weighted by Crippen LogP contribution is -2.56. The number of halogens is 2. The number of aromatic nitrogens is 2. The minimum atomic E-state index is -3.88. The molecule has 3 unspecified atom stereocenters. The summed E-state index contributed by atoms with van der Waals surface area (Å²) >= 11 is 0. The third-order valence-corrected chi connectivity index (χ3v) is 10.5. The van der Waals surface area contributed by atoms with E-state index in [9.17, 15) is 41.2 Å². The number of nitrogens with one attached hydrogen (secondary N) is 4. The summed E-state index contributed by atoms with van der Waals surface area (Å²) in [5, 5.41) is 3.97. The van der Waals surface area contributed by atoms with E-state index in [1.807, 2.05) is 4.72 Å². The fraction of sp³-hybridized carbons (Fsp3) is 0.436. The van der Waals surface area contributed by atoms with E-state index in [4.69, 9.17) is 0 Å². The molecule has 2 fully saturated rings. The summed E-state index contributed by atoms with van der Waals surface area (Å²) in [6, 6.07) is 10.9. The Morgan fingerprint density at radius 1 is 1.07 bits per heavy atom. The van der Waals surface area contributed by atoms with E-state index in [0.717, 1.165) is 12.0 Å². The number of likely N-dealkylation sites (tertiary alicyclic amines) is 1. The monoisotopic (exact) mass is 798 g/mol. The van der Waals surface area contributed by atoms with E-state index in [1.54, 1.807) is 49.4 Å². The molecule has 56 heavy (non-hydrogen) atoms. The second-order valence-electron chi connectivity index (χ2n) is 14.4. The Morgan fingerprint density at radius 2 is 1.77 bits per heavy atom. The molecule has 0 bridgehead atoms. The van der Waals surface area contributed by atoms with Crippen LogP contribution >= 0.6 is 0 Å². The molecular weight excluding hydrogens is 751 g/mol. The van der Waals surface area contributed by atoms with Gasteiger partial charge in [-0.25, -0.2) is 18.2 Å². The van der Waals surface area contributed by atoms with Gasteiger partial charge >= 0.3 is 6.09 Å². The lowest BCUT2D eigenvalue weighted by atomic mass is 10.0. The number of H-pyrrole nitrogens is 1. The molecule has 2 heterocycles. The first-order valence-electron chi connectivity index (χ1n) is 18.3. The highest BCUT2D eigenvalue weighted by molar-refractivity contribution is 7.90. The highest BCUT2D eigenvalue weighted by Crippen LogP contribution is 2.28. The number of hydrogen-bond donors (Lipinski definition) is 4. The number of alkyl carbamates (subject to hydrolysis) is 1. The zero-order chi connectivity index (χ0) is 41.2. The minimum Gasteiger partial charge on any atom is -0.443 e. The molecule has 1 saturated carbocycles. The van der Waals surface area contributed by atoms with Gasteiger partial charge in [0.2, 0.25) is 21.8 Å². The van der Waals surface area contributed by atoms with Crippen molar-refractivity contribution in [3.05, 3.63) is 83.2 Å². The first-order valence-corrected chi connectivity index (χ1v) is 19.8. The Kier molecular flexibility index (Phi) is 14.6. The number of sulfonamides is 1. The van der Waals surface area contributed by atoms with Crippen molar-refractivity contribution in [3.63, 3.8) is 0 Å². The van der Waals surface area contributed by atoms with E-state index in [-0.39, 0.29) is 18.7 Å². The van der Waals surface area contributed by atoms with Crippen LogP contribution in [-0.4, -0.2) is 90.1 Å². The van der Waals surface area contributed by atoms with Crippen LogP contribution in [-0.2, 0) is 29.1 Å². The maximum absolute atomic E-state index is 14.6. The summed E-state index contributed by atoms with van der Waals surface area (Å²) in [5.41, 5.74) is 1.53. The lowest BCUT2D eigenvalue weighted by Gasteiger charge is -2.28. The summed E-state index contributed by atoms with van der Waals surface area (Å²) < 4.78 is 60.5. The standard InChI is InChI=1S/C35H38F2N6O8S.C4H10/c1-3-21(2)29(33(47)42-52(49,50)24-13-14-24)41-31(45)27-12-7-17-43(27)28(44)19-38-34(48)51-20-35(36,37)16-15-22-8-6-9-23(18-22)30-32(46)40-26-11-5-4-10-25(26)39-30;1-4(2)3/h3-6,8-11,15-16,18,21,24,27,29H,1,7,12-14,17,19-20H2,2H3,(H,38,48)(H,40,46)(H,41,45)(H,42,47);4H,1-3H3/b16-15+;. The number of para-hydroxylation sites is 2. The van der Waals surface area contributed by atoms with Crippen LogP contribution in [0.2, 0.25) is 0 Å². The third-order valence-electron chi connectivity index (χ3n) is 8.62. The first kappa shape index (κ1) is 43.3. The van der Waals surface area contributed by atoms with Gasteiger partial charge in [0.1, 0.15) is 24.3 Å². The number of rotatable bonds is 14. The molecule has 14 nitrogen and oxygen atoms in total. The number of ether oxygens (including phenoxy) is 1. The summed E-state index contributed by atoms with van der Waals surface area (Å²) in [6.45, 7) is 9.83. The van der Waals surface area contributed by atoms with Gasteiger partial charge < -0.3 is 25.3 Å². The number of fused-ring (bicyclic) bond motifs is 1. The Hall–Kier alpha value is -5.45. The van der Waals surface area contributed by atoms with Gasteiger partial charge in [-0.15, -0.1) is 6.58 Å². The number of hydrogen-bond acceptors (Lipinski definition) is 9. The van der Waals surface area contributed by atoms with Crippen LogP contribution < -0.4 is 20.9 Å². The topological polar surface area (TPSA) is 197 Å². The van der Waals surface area contributed by atoms with Crippen LogP contribution in [0.15, 0.2) is 72.1 Å². The quantitative estimate of drug-likeness (QED) is 0.169. The molecule has 3 atom stereocenters. The van der Waals surface area contributed by atoms with Crippen molar-refractivity contribution in [2.45, 2.75) is 76.6 Å². The number of benzene rings is 2. The van der Waals surface area contributed by atoms with Gasteiger partial charge in [-0.05, 0) is 61.4 Å². The molecule has 1 aliphatic carbocycles. The van der Waals surface area contributed by atoms with Crippen LogP contribution in [0, 0.1) is 11.8 Å². The fourth-order valence-corrected chi connectivity index (χ4v) is 6.90. The Bertz CT molecular complexity index is 2120. The van der Waals surface area contributed by atoms with Crippen molar-refractivity contribution >= 4 is 50.9 Å². The molecule has 2 aliphatic rings. The van der Waals surface area contributed by atoms with Crippen molar-refractivity contribution in [1.29, 1.82) is 0 Å². The molecule has 4 N–H and O–H groups in total. The largest absolute Gasteiger partial charge is 0.443 e. The van der Waals surface area contributed by atoms with Crippen LogP contribution in [0.1, 0.15) is 58.9 Å². The number of carbonyl (C=O) groups excluding carboxylic acids is 4. The van der Waals surface area contributed by atoms with Crippen LogP contribution in [0.3, 0.4) is 0 Å². The van der Waals surface area contributed by atoms with Gasteiger partial charge in [-0.2, -0.15) is 8.78 Å². The van der Waals surface area contributed by atoms with Gasteiger partial charge in [-0.1, -0.05) is 70.2 Å². The van der Waals surface area contributed by atoms with Crippen LogP contribution in [0.25, 0.3) is 28.4 Å². The van der Waals surface area contributed by atoms with E-state index in [1.165, 1.54) is 17.0 Å². The zero-order valence-corrected chi connectivity index (χ0v) is 32.5. The molecule has 0 radical (unpaired) electrons. The highest BCUT2D eigenvalue weighted by atomic mass is 32.2. The molecule has 1 saturated heterocycles. The maximum Gasteiger partial charge on any atom is 0.407 e. The molecule has 5 rings (SSSR count). The predicted molar refractivity (Wildman–Crippen MR) is 208 cm³/mol. The van der Waals surface area contributed by atoms with Gasteiger partial charge in [-0.3, -0.25) is 23.9 Å². The van der Waals surface area contributed by atoms with Crippen molar-refractivity contribution in [2.75, 3.05) is 19.7 Å². The molecule has 0 spiro atoms. The maximum atomic E-state index is 14.6. The molecule has 1 aromatic heterocycles. The first-order chi connectivity index (χ1) is 26.4. The Labute approximate surface area is 324 Å². The Morgan fingerprint density at radius 3 is 2.45 bits per heavy atom. The van der Waals surface area contributed by atoms with Crippen LogP contribution in [0.5, 0.6) is 0 Å². The van der Waals surface area contributed by atoms with Crippen LogP contribution in [0.4, 0.5) is 13.6 Å². The average Bonchev–Trinajstić information content (AvgIpc) is 3.91. The number of aromatic amines is 1. The van der Waals surface area contributed by atoms with Crippen molar-refractivity contribution < 1.29 is 41.1 Å². The molecule has 2 aromatic carbocycles. The van der Waals surface area contributed by atoms with Gasteiger partial charge in [0.05, 0.1) is 16.3 Å². The normalized spacial score (nSPS) is 16.8. The number of amides is 4. The SMILES string of the molecule is C=CC(C)C(NC(=O)C1CCCN1C(=O)CNC(=O)OCC(F)(F)/C=C/c1cccc(-c2nc3ccccc3[nH]c2=O)c1)C(=O)NS(=O)(=O)C1CC1.CC(C)C. The number of carbonyl (C=O) groups is 4. The van der Waals surface area contributed by atoms with Gasteiger partial charge in [0.15, 0.2) is 6.61 Å². The van der Waals surface area contributed by atoms with Gasteiger partial charge in [0.25, 0.3) is 17.4 Å². The van der Waals surface area contributed by atoms with E-state index >= 15 is 0 Å². The third kappa shape index (κ3) is 12.3. The second-order valence-corrected chi connectivity index (χ2v) is 16.3. The zero-order valence-electron chi connectivity index (χ0n) is 31.7. The van der Waals surface area contributed by atoms with E-state index in [0.29, 0.717) is 47.5 Å². The molecule has 4 amide bonds. The van der Waals surface area contributed by atoms with Crippen molar-refractivity contribution in [3.8, 4) is 11.3 Å². The Balaban J connectivity index is 0.00000166. The second kappa shape index (κ2) is 18.9. The van der Waals surface area contributed by atoms with E-state index < -0.39 is 81.7 Å². The van der Waals surface area contributed by atoms with Crippen molar-refractivity contribution in [2.24, 2.45) is 11.8 Å². The molecular formula is C39H48F2N6O8S. The average molecular weight is 799 g/mol. The fourth-order valence-electron chi connectivity index (χ4n) is 5.57. The van der Waals surface area contributed by atoms with E-state index in [2.05, 4.69) is 52.7 Å². The summed E-state index contributed by atoms with van der Waals surface area (Å²) in [4.78, 5) is 72.1. The molecule has 3 aromatic rings. The molecule has 302 valence electrons. The van der Waals surface area contributed by atoms with Crippen molar-refractivity contribution in [1.82, 2.24) is 30.2 Å². The number of nitrogens with zero attached hydrogens (tertiary/aromatic N) is 2. The number of alkyl halides is 2. The predicted octanol–water partition coefficient (Wildman–Crippen LogP) is 4.53. The molecule has 17 heteroatoms. The molecule has 1 aliphatic heterocycles. The smallest absolute Gasteiger partial charge is 0.407 e. The highest BCUT2D eigenvalue weighted by Gasteiger charge is 2.41. The minimum absolute atomic E-state index is 0.117. The lowest BCUT2D eigenvalue weighted by molar-refractivity contribution is -0.139.